The number of fused-ring (bicyclic) bond motifs is 3. The van der Waals surface area contributed by atoms with Crippen molar-refractivity contribution >= 4 is 56.9 Å². The predicted octanol–water partition coefficient (Wildman–Crippen LogP) is 4.48. The van der Waals surface area contributed by atoms with Gasteiger partial charge in [0.2, 0.25) is 5.91 Å². The quantitative estimate of drug-likeness (QED) is 0.694. The van der Waals surface area contributed by atoms with Gasteiger partial charge in [-0.05, 0) is 30.7 Å². The van der Waals surface area contributed by atoms with E-state index in [0.29, 0.717) is 21.8 Å². The third-order valence-corrected chi connectivity index (χ3v) is 6.69. The van der Waals surface area contributed by atoms with Gasteiger partial charge in [0, 0.05) is 29.0 Å². The zero-order valence-electron chi connectivity index (χ0n) is 16.4. The first-order valence-electron chi connectivity index (χ1n) is 9.77. The summed E-state index contributed by atoms with van der Waals surface area (Å²) in [6, 6.07) is 3.83. The molecule has 0 saturated heterocycles. The van der Waals surface area contributed by atoms with Crippen LogP contribution in [0.1, 0.15) is 11.3 Å². The van der Waals surface area contributed by atoms with E-state index in [2.05, 4.69) is 22.2 Å². The van der Waals surface area contributed by atoms with Crippen molar-refractivity contribution in [3.8, 4) is 0 Å². The molecule has 0 aliphatic carbocycles. The highest BCUT2D eigenvalue weighted by molar-refractivity contribution is 8.17. The Balaban J connectivity index is 1.66. The molecule has 2 aliphatic rings. The van der Waals surface area contributed by atoms with Gasteiger partial charge in [0.25, 0.3) is 0 Å². The van der Waals surface area contributed by atoms with Crippen LogP contribution in [0.15, 0.2) is 52.9 Å². The van der Waals surface area contributed by atoms with Gasteiger partial charge in [-0.15, -0.1) is 0 Å². The molecule has 0 bridgehead atoms. The van der Waals surface area contributed by atoms with Gasteiger partial charge in [0.1, 0.15) is 6.54 Å². The Hall–Kier alpha value is -1.99. The van der Waals surface area contributed by atoms with Crippen LogP contribution in [0.4, 0.5) is 0 Å². The number of benzene rings is 1. The molecule has 156 valence electrons. The van der Waals surface area contributed by atoms with E-state index in [9.17, 15) is 4.79 Å². The molecular formula is C22H22Cl2N4OS. The van der Waals surface area contributed by atoms with Gasteiger partial charge in [-0.25, -0.2) is 0 Å². The summed E-state index contributed by atoms with van der Waals surface area (Å²) in [6.07, 6.45) is 9.36. The third kappa shape index (κ3) is 4.52. The van der Waals surface area contributed by atoms with Crippen LogP contribution in [0.2, 0.25) is 10.0 Å². The smallest absolute Gasteiger partial charge is 0.245 e. The largest absolute Gasteiger partial charge is 0.334 e. The Kier molecular flexibility index (Phi) is 6.68. The minimum Gasteiger partial charge on any atom is -0.334 e. The van der Waals surface area contributed by atoms with Gasteiger partial charge in [-0.1, -0.05) is 65.8 Å². The topological polar surface area (TPSA) is 58.4 Å². The molecule has 0 spiro atoms. The minimum absolute atomic E-state index is 0.142. The van der Waals surface area contributed by atoms with Crippen LogP contribution in [0.3, 0.4) is 0 Å². The number of carbonyl (C=O) groups is 1. The van der Waals surface area contributed by atoms with Gasteiger partial charge in [0.15, 0.2) is 5.17 Å². The van der Waals surface area contributed by atoms with E-state index in [0.717, 1.165) is 47.4 Å². The molecule has 1 aromatic carbocycles. The molecule has 5 nitrogen and oxygen atoms in total. The first-order valence-corrected chi connectivity index (χ1v) is 11.3. The zero-order chi connectivity index (χ0) is 21.1. The van der Waals surface area contributed by atoms with Crippen LogP contribution in [-0.4, -0.2) is 35.3 Å². The molecule has 30 heavy (non-hydrogen) atoms. The Morgan fingerprint density at radius 3 is 2.97 bits per heavy atom. The third-order valence-electron chi connectivity index (χ3n) is 5.07. The van der Waals surface area contributed by atoms with E-state index < -0.39 is 0 Å². The lowest BCUT2D eigenvalue weighted by Crippen LogP contribution is -2.32. The van der Waals surface area contributed by atoms with E-state index in [4.69, 9.17) is 23.2 Å². The van der Waals surface area contributed by atoms with Crippen LogP contribution in [0.25, 0.3) is 10.9 Å². The number of hydrogen-bond donors (Lipinski definition) is 2. The summed E-state index contributed by atoms with van der Waals surface area (Å²) in [5.41, 5.74) is 3.19. The number of hydrogen-bond acceptors (Lipinski definition) is 4. The monoisotopic (exact) mass is 460 g/mol. The number of amidine groups is 1. The van der Waals surface area contributed by atoms with Crippen molar-refractivity contribution in [1.82, 2.24) is 15.2 Å². The molecule has 0 radical (unpaired) electrons. The van der Waals surface area contributed by atoms with Crippen LogP contribution in [0, 0.1) is 0 Å². The highest BCUT2D eigenvalue weighted by Crippen LogP contribution is 2.37. The highest BCUT2D eigenvalue weighted by atomic mass is 35.5. The molecular weight excluding hydrogens is 439 g/mol. The van der Waals surface area contributed by atoms with Gasteiger partial charge in [0.05, 0.1) is 22.1 Å². The highest BCUT2D eigenvalue weighted by Gasteiger charge is 2.23. The van der Waals surface area contributed by atoms with Crippen LogP contribution in [-0.2, 0) is 24.2 Å². The Labute approximate surface area is 189 Å². The maximum absolute atomic E-state index is 13.0. The van der Waals surface area contributed by atoms with Crippen molar-refractivity contribution in [2.24, 2.45) is 4.99 Å². The minimum atomic E-state index is -0.158. The van der Waals surface area contributed by atoms with Gasteiger partial charge >= 0.3 is 0 Å². The number of thioether (sulfide) groups is 1. The number of aliphatic imine (C=N–C) groups is 1. The molecule has 8 heteroatoms. The summed E-state index contributed by atoms with van der Waals surface area (Å²) in [4.78, 5) is 18.3. The maximum Gasteiger partial charge on any atom is 0.245 e. The van der Waals surface area contributed by atoms with Crippen molar-refractivity contribution in [1.29, 1.82) is 0 Å². The van der Waals surface area contributed by atoms with Gasteiger partial charge in [-0.2, -0.15) is 0 Å². The summed E-state index contributed by atoms with van der Waals surface area (Å²) in [5.74, 6) is -0.158. The van der Waals surface area contributed by atoms with Gasteiger partial charge < -0.3 is 15.2 Å². The molecule has 1 amide bonds. The lowest BCUT2D eigenvalue weighted by molar-refractivity contribution is -0.120. The second-order valence-corrected chi connectivity index (χ2v) is 8.97. The summed E-state index contributed by atoms with van der Waals surface area (Å²) in [5, 5.41) is 8.94. The number of halogens is 2. The number of allylic oxidation sites excluding steroid dienone is 3. The van der Waals surface area contributed by atoms with E-state index in [1.807, 2.05) is 41.0 Å². The standard InChI is InChI=1S/C22H22Cl2N4OS/c1-14-5-3-2-4-10-26-22(30-14)27-19(29)13-28-18-9-12-25-11-8-15(18)16-6-7-17(23)20(24)21(16)28/h2-7,25H,1,8-13H2,(H,26,27,29)/b4-2-,5-3-. The number of aromatic nitrogens is 1. The molecule has 3 heterocycles. The SMILES string of the molecule is C=C1/C=C\C=C/CN=C(NC(=O)Cn2c3c(c4ccc(Cl)c(Cl)c42)CCNCC3)S1. The zero-order valence-corrected chi connectivity index (χ0v) is 18.7. The average Bonchev–Trinajstić information content (AvgIpc) is 2.86. The van der Waals surface area contributed by atoms with Crippen molar-refractivity contribution in [3.05, 3.63) is 69.2 Å². The van der Waals surface area contributed by atoms with Crippen molar-refractivity contribution in [2.45, 2.75) is 19.4 Å². The van der Waals surface area contributed by atoms with E-state index >= 15 is 0 Å². The fraction of sp³-hybridized carbons (Fsp3) is 0.273. The molecule has 2 N–H and O–H groups in total. The van der Waals surface area contributed by atoms with Crippen LogP contribution >= 0.6 is 35.0 Å². The molecule has 2 aromatic rings. The number of rotatable bonds is 2. The van der Waals surface area contributed by atoms with Crippen molar-refractivity contribution in [2.75, 3.05) is 19.6 Å². The molecule has 1 aromatic heterocycles. The Bertz CT molecular complexity index is 1100. The molecule has 0 atom stereocenters. The fourth-order valence-electron chi connectivity index (χ4n) is 3.78. The first-order chi connectivity index (χ1) is 14.5. The molecule has 4 rings (SSSR count). The molecule has 2 aliphatic heterocycles. The fourth-order valence-corrected chi connectivity index (χ4v) is 4.90. The summed E-state index contributed by atoms with van der Waals surface area (Å²) in [7, 11) is 0. The lowest BCUT2D eigenvalue weighted by atomic mass is 10.1. The van der Waals surface area contributed by atoms with Crippen molar-refractivity contribution < 1.29 is 4.79 Å². The number of nitrogens with one attached hydrogen (secondary N) is 2. The molecule has 0 unspecified atom stereocenters. The normalized spacial score (nSPS) is 19.1. The second kappa shape index (κ2) is 9.43. The Morgan fingerprint density at radius 2 is 2.10 bits per heavy atom. The number of carbonyl (C=O) groups excluding carboxylic acids is 1. The van der Waals surface area contributed by atoms with E-state index in [1.165, 1.54) is 17.3 Å². The molecule has 0 saturated carbocycles. The van der Waals surface area contributed by atoms with E-state index in [-0.39, 0.29) is 12.5 Å². The average molecular weight is 461 g/mol. The summed E-state index contributed by atoms with van der Waals surface area (Å²) < 4.78 is 2.01. The molecule has 0 fully saturated rings. The predicted molar refractivity (Wildman–Crippen MR) is 128 cm³/mol. The summed E-state index contributed by atoms with van der Waals surface area (Å²) >= 11 is 14.2. The lowest BCUT2D eigenvalue weighted by Gasteiger charge is -2.13. The maximum atomic E-state index is 13.0. The van der Waals surface area contributed by atoms with Crippen molar-refractivity contribution in [3.63, 3.8) is 0 Å². The number of nitrogens with zero attached hydrogens (tertiary/aromatic N) is 2. The summed E-state index contributed by atoms with van der Waals surface area (Å²) in [6.45, 7) is 6.38. The Morgan fingerprint density at radius 1 is 1.27 bits per heavy atom. The van der Waals surface area contributed by atoms with Gasteiger partial charge in [-0.3, -0.25) is 9.79 Å². The first kappa shape index (κ1) is 21.2. The van der Waals surface area contributed by atoms with E-state index in [1.54, 1.807) is 0 Å². The second-order valence-electron chi connectivity index (χ2n) is 7.07. The van der Waals surface area contributed by atoms with Crippen LogP contribution < -0.4 is 10.6 Å². The number of amides is 1. The van der Waals surface area contributed by atoms with Crippen LogP contribution in [0.5, 0.6) is 0 Å².